The van der Waals surface area contributed by atoms with Crippen molar-refractivity contribution >= 4 is 5.97 Å². The zero-order valence-corrected chi connectivity index (χ0v) is 10.8. The third-order valence-electron chi connectivity index (χ3n) is 1.40. The fraction of sp³-hybridized carbons (Fsp3) is 0.167. The van der Waals surface area contributed by atoms with Crippen LogP contribution < -0.4 is 0 Å². The average molecular weight is 286 g/mol. The van der Waals surface area contributed by atoms with E-state index in [1.165, 1.54) is 7.11 Å². The monoisotopic (exact) mass is 286 g/mol. The number of ether oxygens (including phenoxy) is 1. The van der Waals surface area contributed by atoms with Crippen LogP contribution in [0, 0.1) is 20.0 Å². The van der Waals surface area contributed by atoms with Gasteiger partial charge in [0.05, 0.1) is 12.7 Å². The quantitative estimate of drug-likeness (QED) is 0.415. The minimum absolute atomic E-state index is 0. The first kappa shape index (κ1) is 25.3. The number of carbonyl (C=O) groups is 1. The van der Waals surface area contributed by atoms with Crippen LogP contribution in [0.25, 0.3) is 0 Å². The molecule has 0 fully saturated rings. The van der Waals surface area contributed by atoms with Crippen LogP contribution in [0.3, 0.4) is 0 Å². The fourth-order valence-electron chi connectivity index (χ4n) is 0.833. The van der Waals surface area contributed by atoms with E-state index in [1.54, 1.807) is 12.2 Å². The molecule has 0 bridgehead atoms. The topological polar surface area (TPSA) is 86.0 Å². The number of hydrogen-bond donors (Lipinski definition) is 0. The van der Waals surface area contributed by atoms with E-state index in [4.69, 9.17) is 14.0 Å². The molecule has 0 radical (unpaired) electrons. The van der Waals surface area contributed by atoms with Crippen LogP contribution in [0.5, 0.6) is 0 Å². The Labute approximate surface area is 116 Å². The van der Waals surface area contributed by atoms with E-state index in [1.807, 2.05) is 18.2 Å². The molecule has 0 saturated carbocycles. The first-order valence-electron chi connectivity index (χ1n) is 4.07. The van der Waals surface area contributed by atoms with Crippen LogP contribution in [0.4, 0.5) is 0 Å². The molecule has 0 aromatic rings. The Kier molecular flexibility index (Phi) is 34.6. The van der Waals surface area contributed by atoms with Crippen LogP contribution in [0.2, 0.25) is 0 Å². The van der Waals surface area contributed by atoms with Gasteiger partial charge in [0.1, 0.15) is 0 Å². The predicted octanol–water partition coefficient (Wildman–Crippen LogP) is 1.49. The summed E-state index contributed by atoms with van der Waals surface area (Å²) in [5, 5.41) is 0. The summed E-state index contributed by atoms with van der Waals surface area (Å²) in [6, 6.07) is 0. The molecule has 0 spiro atoms. The van der Waals surface area contributed by atoms with E-state index in [0.29, 0.717) is 5.57 Å². The molecule has 0 aromatic carbocycles. The summed E-state index contributed by atoms with van der Waals surface area (Å²) in [7, 11) is 1.38. The molecule has 6 heteroatoms. The van der Waals surface area contributed by atoms with Gasteiger partial charge in [-0.2, -0.15) is 0 Å². The van der Waals surface area contributed by atoms with E-state index in [-0.39, 0.29) is 23.3 Å². The third kappa shape index (κ3) is 14.4. The number of hydrogen-bond acceptors (Lipinski definition) is 2. The third-order valence-corrected chi connectivity index (χ3v) is 1.40. The molecule has 1 aliphatic rings. The van der Waals surface area contributed by atoms with Crippen LogP contribution in [0.15, 0.2) is 36.0 Å². The molecular formula is C12H10CrO5. The standard InChI is InChI=1S/C9H10O2.3CO.Cr/c1-11-9(10)8-6-4-2-3-5-7-8;3*1-2;/h2,4-7H,3H2,1H3;;;;. The van der Waals surface area contributed by atoms with Crippen molar-refractivity contribution in [1.29, 1.82) is 0 Å². The normalized spacial score (nSPS) is 9.83. The van der Waals surface area contributed by atoms with Crippen molar-refractivity contribution in [3.8, 4) is 0 Å². The molecule has 94 valence electrons. The molecule has 18 heavy (non-hydrogen) atoms. The Morgan fingerprint density at radius 3 is 2.11 bits per heavy atom. The van der Waals surface area contributed by atoms with Gasteiger partial charge in [0.15, 0.2) is 0 Å². The molecule has 0 atom stereocenters. The van der Waals surface area contributed by atoms with Gasteiger partial charge in [0.25, 0.3) is 0 Å². The van der Waals surface area contributed by atoms with Crippen molar-refractivity contribution in [3.05, 3.63) is 55.9 Å². The molecule has 0 heterocycles. The van der Waals surface area contributed by atoms with E-state index >= 15 is 0 Å². The Morgan fingerprint density at radius 1 is 1.17 bits per heavy atom. The average Bonchev–Trinajstić information content (AvgIpc) is 2.73. The van der Waals surface area contributed by atoms with Gasteiger partial charge in [-0.3, -0.25) is 0 Å². The number of carbonyl (C=O) groups excluding carboxylic acids is 1. The molecule has 0 saturated heterocycles. The Hall–Kier alpha value is -1.56. The van der Waals surface area contributed by atoms with E-state index < -0.39 is 0 Å². The summed E-state index contributed by atoms with van der Waals surface area (Å²) in [6.45, 7) is 13.5. The second-order valence-corrected chi connectivity index (χ2v) is 2.18. The summed E-state index contributed by atoms with van der Waals surface area (Å²) in [6.07, 6.45) is 10.1. The number of methoxy groups -OCH3 is 1. The molecule has 0 aromatic heterocycles. The molecule has 0 N–H and O–H groups in total. The van der Waals surface area contributed by atoms with Crippen molar-refractivity contribution in [1.82, 2.24) is 0 Å². The van der Waals surface area contributed by atoms with Crippen LogP contribution >= 0.6 is 0 Å². The van der Waals surface area contributed by atoms with Gasteiger partial charge in [-0.1, -0.05) is 24.3 Å². The van der Waals surface area contributed by atoms with E-state index in [2.05, 4.69) is 24.7 Å². The Balaban J connectivity index is -0.000000123. The van der Waals surface area contributed by atoms with Gasteiger partial charge >= 0.3 is 39.9 Å². The van der Waals surface area contributed by atoms with Crippen LogP contribution in [0.1, 0.15) is 6.42 Å². The van der Waals surface area contributed by atoms with E-state index in [0.717, 1.165) is 6.42 Å². The zero-order valence-electron chi connectivity index (χ0n) is 9.54. The Bertz CT molecular complexity index is 333. The number of esters is 1. The summed E-state index contributed by atoms with van der Waals surface area (Å²) < 4.78 is 27.1. The maximum atomic E-state index is 10.9. The summed E-state index contributed by atoms with van der Waals surface area (Å²) >= 11 is 0. The minimum Gasteiger partial charge on any atom is 0 e. The van der Waals surface area contributed by atoms with Crippen LogP contribution in [-0.4, -0.2) is 13.1 Å². The summed E-state index contributed by atoms with van der Waals surface area (Å²) in [5.74, 6) is -0.284. The smallest absolute Gasteiger partial charge is 0 e. The van der Waals surface area contributed by atoms with Crippen molar-refractivity contribution < 1.29 is 40.8 Å². The van der Waals surface area contributed by atoms with Crippen molar-refractivity contribution in [2.75, 3.05) is 7.11 Å². The molecule has 1 aliphatic carbocycles. The summed E-state index contributed by atoms with van der Waals surface area (Å²) in [4.78, 5) is 10.9. The van der Waals surface area contributed by atoms with Crippen molar-refractivity contribution in [3.63, 3.8) is 0 Å². The maximum absolute atomic E-state index is 10.9. The molecule has 0 unspecified atom stereocenters. The second-order valence-electron chi connectivity index (χ2n) is 2.18. The predicted molar refractivity (Wildman–Crippen MR) is 54.8 cm³/mol. The molecule has 5 nitrogen and oxygen atoms in total. The fourth-order valence-corrected chi connectivity index (χ4v) is 0.833. The van der Waals surface area contributed by atoms with Gasteiger partial charge in [-0.25, -0.2) is 4.79 Å². The van der Waals surface area contributed by atoms with Crippen molar-refractivity contribution in [2.24, 2.45) is 0 Å². The van der Waals surface area contributed by atoms with Crippen molar-refractivity contribution in [2.45, 2.75) is 6.42 Å². The maximum Gasteiger partial charge on any atom is 0 e. The van der Waals surface area contributed by atoms with Crippen LogP contribution in [-0.2, 0) is 40.8 Å². The van der Waals surface area contributed by atoms with Gasteiger partial charge in [0.2, 0.25) is 0 Å². The van der Waals surface area contributed by atoms with Gasteiger partial charge in [-0.15, -0.1) is 0 Å². The number of allylic oxidation sites excluding steroid dienone is 4. The Morgan fingerprint density at radius 2 is 1.67 bits per heavy atom. The van der Waals surface area contributed by atoms with Gasteiger partial charge in [0, 0.05) is 17.4 Å². The number of rotatable bonds is 1. The minimum atomic E-state index is -0.284. The second kappa shape index (κ2) is 24.6. The molecule has 0 aliphatic heterocycles. The first-order chi connectivity index (χ1) is 8.34. The molecular weight excluding hydrogens is 276 g/mol. The largest absolute Gasteiger partial charge is 0 e. The summed E-state index contributed by atoms with van der Waals surface area (Å²) in [5.41, 5.74) is 0.598. The zero-order chi connectivity index (χ0) is 14.1. The van der Waals surface area contributed by atoms with Gasteiger partial charge < -0.3 is 4.74 Å². The molecule has 1 rings (SSSR count). The molecule has 0 amide bonds. The van der Waals surface area contributed by atoms with Gasteiger partial charge in [-0.05, 0) is 12.5 Å². The SMILES string of the molecule is COC(=O)C1=CC=CCC=C1.[C-]#[O+].[C-]#[O+].[C-]#[O+].[Cr]. The van der Waals surface area contributed by atoms with E-state index in [9.17, 15) is 4.79 Å². The first-order valence-corrected chi connectivity index (χ1v) is 4.07.